The molecule has 0 saturated heterocycles. The van der Waals surface area contributed by atoms with E-state index in [0.717, 1.165) is 23.3 Å². The quantitative estimate of drug-likeness (QED) is 0.608. The lowest BCUT2D eigenvalue weighted by molar-refractivity contribution is 0.264. The highest BCUT2D eigenvalue weighted by atomic mass is 16.5. The summed E-state index contributed by atoms with van der Waals surface area (Å²) in [6, 6.07) is 0. The van der Waals surface area contributed by atoms with Crippen molar-refractivity contribution >= 4 is 0 Å². The van der Waals surface area contributed by atoms with Gasteiger partial charge in [-0.25, -0.2) is 0 Å². The van der Waals surface area contributed by atoms with E-state index in [1.165, 1.54) is 12.5 Å². The van der Waals surface area contributed by atoms with Crippen molar-refractivity contribution in [2.24, 2.45) is 0 Å². The minimum Gasteiger partial charge on any atom is -0.465 e. The van der Waals surface area contributed by atoms with Crippen molar-refractivity contribution in [3.8, 4) is 0 Å². The first-order valence-corrected chi connectivity index (χ1v) is 4.10. The van der Waals surface area contributed by atoms with E-state index in [2.05, 4.69) is 12.7 Å². The Labute approximate surface area is 77.2 Å². The molecule has 1 aliphatic heterocycles. The highest BCUT2D eigenvalue weighted by Crippen LogP contribution is 2.26. The molecular formula is C11H10O2. The molecule has 0 amide bonds. The summed E-state index contributed by atoms with van der Waals surface area (Å²) < 4.78 is 10.3. The fourth-order valence-electron chi connectivity index (χ4n) is 1.25. The Kier molecular flexibility index (Phi) is 2.04. The van der Waals surface area contributed by atoms with Crippen molar-refractivity contribution < 1.29 is 9.47 Å². The van der Waals surface area contributed by atoms with Gasteiger partial charge < -0.3 is 9.47 Å². The van der Waals surface area contributed by atoms with E-state index in [-0.39, 0.29) is 0 Å². The minimum absolute atomic E-state index is 0.719. The van der Waals surface area contributed by atoms with Crippen molar-refractivity contribution in [3.63, 3.8) is 0 Å². The number of hydrogen-bond acceptors (Lipinski definition) is 2. The van der Waals surface area contributed by atoms with Gasteiger partial charge in [0.25, 0.3) is 0 Å². The van der Waals surface area contributed by atoms with Crippen LogP contribution in [0.4, 0.5) is 0 Å². The van der Waals surface area contributed by atoms with E-state index < -0.39 is 0 Å². The molecule has 2 nitrogen and oxygen atoms in total. The maximum Gasteiger partial charge on any atom is 0.169 e. The molecule has 0 radical (unpaired) electrons. The SMILES string of the molecule is C=C1CC=CC=C1C1=COC=CO1. The molecule has 1 aliphatic carbocycles. The fraction of sp³-hybridized carbons (Fsp3) is 0.0909. The summed E-state index contributed by atoms with van der Waals surface area (Å²) in [5.74, 6) is 0.719. The fourth-order valence-corrected chi connectivity index (χ4v) is 1.25. The van der Waals surface area contributed by atoms with Crippen LogP contribution in [0.1, 0.15) is 6.42 Å². The second-order valence-electron chi connectivity index (χ2n) is 2.82. The van der Waals surface area contributed by atoms with E-state index in [1.54, 1.807) is 6.26 Å². The van der Waals surface area contributed by atoms with Gasteiger partial charge in [-0.15, -0.1) is 0 Å². The molecule has 13 heavy (non-hydrogen) atoms. The standard InChI is InChI=1S/C11H10O2/c1-9-4-2-3-5-10(9)11-8-12-6-7-13-11/h2-3,5-8H,1,4H2. The Balaban J connectivity index is 2.24. The first-order chi connectivity index (χ1) is 6.38. The molecule has 0 bridgehead atoms. The molecule has 2 aliphatic rings. The third kappa shape index (κ3) is 1.56. The molecule has 1 heterocycles. The van der Waals surface area contributed by atoms with Crippen LogP contribution >= 0.6 is 0 Å². The van der Waals surface area contributed by atoms with Gasteiger partial charge >= 0.3 is 0 Å². The largest absolute Gasteiger partial charge is 0.465 e. The molecule has 0 aromatic heterocycles. The maximum atomic E-state index is 5.28. The zero-order valence-corrected chi connectivity index (χ0v) is 7.19. The van der Waals surface area contributed by atoms with Crippen LogP contribution in [0.15, 0.2) is 60.5 Å². The molecule has 0 spiro atoms. The summed E-state index contributed by atoms with van der Waals surface area (Å²) >= 11 is 0. The van der Waals surface area contributed by atoms with Crippen LogP contribution in [-0.2, 0) is 9.47 Å². The van der Waals surface area contributed by atoms with Crippen LogP contribution in [0.2, 0.25) is 0 Å². The number of allylic oxidation sites excluding steroid dienone is 4. The maximum absolute atomic E-state index is 5.28. The van der Waals surface area contributed by atoms with Gasteiger partial charge in [0.15, 0.2) is 5.76 Å². The van der Waals surface area contributed by atoms with Crippen LogP contribution in [0.3, 0.4) is 0 Å². The van der Waals surface area contributed by atoms with Gasteiger partial charge in [-0.3, -0.25) is 0 Å². The van der Waals surface area contributed by atoms with Crippen molar-refractivity contribution in [1.29, 1.82) is 0 Å². The molecule has 0 atom stereocenters. The molecule has 0 saturated carbocycles. The lowest BCUT2D eigenvalue weighted by atomic mass is 9.98. The van der Waals surface area contributed by atoms with Gasteiger partial charge in [0.1, 0.15) is 18.8 Å². The zero-order chi connectivity index (χ0) is 9.10. The van der Waals surface area contributed by atoms with Crippen LogP contribution in [-0.4, -0.2) is 0 Å². The molecule has 0 unspecified atom stereocenters. The number of rotatable bonds is 1. The Morgan fingerprint density at radius 2 is 2.23 bits per heavy atom. The summed E-state index contributed by atoms with van der Waals surface area (Å²) in [4.78, 5) is 0. The van der Waals surface area contributed by atoms with E-state index in [9.17, 15) is 0 Å². The Morgan fingerprint density at radius 1 is 1.31 bits per heavy atom. The highest BCUT2D eigenvalue weighted by Gasteiger charge is 2.12. The zero-order valence-electron chi connectivity index (χ0n) is 7.19. The van der Waals surface area contributed by atoms with Crippen molar-refractivity contribution in [2.75, 3.05) is 0 Å². The smallest absolute Gasteiger partial charge is 0.169 e. The van der Waals surface area contributed by atoms with E-state index >= 15 is 0 Å². The summed E-state index contributed by atoms with van der Waals surface area (Å²) in [5.41, 5.74) is 2.06. The summed E-state index contributed by atoms with van der Waals surface area (Å²) in [7, 11) is 0. The van der Waals surface area contributed by atoms with Gasteiger partial charge in [0, 0.05) is 5.57 Å². The minimum atomic E-state index is 0.719. The van der Waals surface area contributed by atoms with Crippen LogP contribution < -0.4 is 0 Å². The molecule has 0 aromatic rings. The molecule has 0 fully saturated rings. The number of ether oxygens (including phenoxy) is 2. The molecule has 2 heteroatoms. The second-order valence-corrected chi connectivity index (χ2v) is 2.82. The molecule has 0 aromatic carbocycles. The lowest BCUT2D eigenvalue weighted by Crippen LogP contribution is -2.00. The lowest BCUT2D eigenvalue weighted by Gasteiger charge is -2.16. The molecular weight excluding hydrogens is 164 g/mol. The predicted octanol–water partition coefficient (Wildman–Crippen LogP) is 2.79. The third-order valence-corrected chi connectivity index (χ3v) is 1.91. The van der Waals surface area contributed by atoms with Gasteiger partial charge in [-0.1, -0.05) is 24.8 Å². The van der Waals surface area contributed by atoms with Gasteiger partial charge in [0.2, 0.25) is 0 Å². The van der Waals surface area contributed by atoms with Gasteiger partial charge in [0.05, 0.1) is 0 Å². The normalized spacial score (nSPS) is 20.2. The Bertz CT molecular complexity index is 343. The van der Waals surface area contributed by atoms with Gasteiger partial charge in [-0.05, 0) is 12.0 Å². The topological polar surface area (TPSA) is 18.5 Å². The average molecular weight is 174 g/mol. The molecule has 2 rings (SSSR count). The first-order valence-electron chi connectivity index (χ1n) is 4.10. The monoisotopic (exact) mass is 174 g/mol. The summed E-state index contributed by atoms with van der Waals surface area (Å²) in [6.07, 6.45) is 11.5. The molecule has 66 valence electrons. The summed E-state index contributed by atoms with van der Waals surface area (Å²) in [5, 5.41) is 0. The predicted molar refractivity (Wildman–Crippen MR) is 50.4 cm³/mol. The van der Waals surface area contributed by atoms with Crippen molar-refractivity contribution in [3.05, 3.63) is 60.5 Å². The van der Waals surface area contributed by atoms with Crippen LogP contribution in [0.25, 0.3) is 0 Å². The van der Waals surface area contributed by atoms with Crippen molar-refractivity contribution in [2.45, 2.75) is 6.42 Å². The first kappa shape index (κ1) is 7.92. The van der Waals surface area contributed by atoms with E-state index in [1.807, 2.05) is 12.2 Å². The van der Waals surface area contributed by atoms with E-state index in [0.29, 0.717) is 0 Å². The Hall–Kier alpha value is -1.70. The Morgan fingerprint density at radius 3 is 2.92 bits per heavy atom. The second kappa shape index (κ2) is 3.35. The third-order valence-electron chi connectivity index (χ3n) is 1.91. The van der Waals surface area contributed by atoms with Crippen LogP contribution in [0.5, 0.6) is 0 Å². The molecule has 0 N–H and O–H groups in total. The average Bonchev–Trinajstić information content (AvgIpc) is 2.20. The highest BCUT2D eigenvalue weighted by molar-refractivity contribution is 5.47. The van der Waals surface area contributed by atoms with Gasteiger partial charge in [-0.2, -0.15) is 0 Å². The number of hydrogen-bond donors (Lipinski definition) is 0. The van der Waals surface area contributed by atoms with E-state index in [4.69, 9.17) is 9.47 Å². The van der Waals surface area contributed by atoms with Crippen LogP contribution in [0, 0.1) is 0 Å². The van der Waals surface area contributed by atoms with Crippen molar-refractivity contribution in [1.82, 2.24) is 0 Å². The summed E-state index contributed by atoms with van der Waals surface area (Å²) in [6.45, 7) is 3.95.